The topological polar surface area (TPSA) is 93.5 Å². The Kier molecular flexibility index (Phi) is 6.21. The third-order valence-corrected chi connectivity index (χ3v) is 4.11. The SMILES string of the molecule is CN(C)C(=O)c1ccc(NC(=O)COC(=O)c2cncn2-c2ccc(F)cc2)cc1. The van der Waals surface area contributed by atoms with Crippen molar-refractivity contribution in [2.45, 2.75) is 0 Å². The first-order valence-corrected chi connectivity index (χ1v) is 8.92. The number of anilines is 1. The van der Waals surface area contributed by atoms with Gasteiger partial charge in [-0.05, 0) is 48.5 Å². The van der Waals surface area contributed by atoms with E-state index in [-0.39, 0.29) is 11.6 Å². The maximum atomic E-state index is 13.1. The van der Waals surface area contributed by atoms with Crippen molar-refractivity contribution < 1.29 is 23.5 Å². The second-order valence-corrected chi connectivity index (χ2v) is 6.53. The van der Waals surface area contributed by atoms with Gasteiger partial charge in [0.25, 0.3) is 11.8 Å². The van der Waals surface area contributed by atoms with E-state index in [4.69, 9.17) is 4.74 Å². The molecule has 154 valence electrons. The molecule has 0 spiro atoms. The predicted octanol–water partition coefficient (Wildman–Crippen LogP) is 2.51. The van der Waals surface area contributed by atoms with Gasteiger partial charge in [-0.15, -0.1) is 0 Å². The summed E-state index contributed by atoms with van der Waals surface area (Å²) >= 11 is 0. The summed E-state index contributed by atoms with van der Waals surface area (Å²) in [4.78, 5) is 41.6. The number of benzene rings is 2. The number of hydrogen-bond acceptors (Lipinski definition) is 5. The average Bonchev–Trinajstić information content (AvgIpc) is 3.22. The number of aromatic nitrogens is 2. The molecule has 8 nitrogen and oxygen atoms in total. The van der Waals surface area contributed by atoms with Gasteiger partial charge in [-0.25, -0.2) is 14.2 Å². The number of amides is 2. The number of nitrogens with zero attached hydrogens (tertiary/aromatic N) is 3. The van der Waals surface area contributed by atoms with Crippen LogP contribution in [0.25, 0.3) is 5.69 Å². The van der Waals surface area contributed by atoms with Gasteiger partial charge in [-0.3, -0.25) is 14.2 Å². The molecule has 3 aromatic rings. The van der Waals surface area contributed by atoms with Crippen LogP contribution in [-0.4, -0.2) is 52.9 Å². The van der Waals surface area contributed by atoms with Crippen LogP contribution in [0.5, 0.6) is 0 Å². The van der Waals surface area contributed by atoms with Crippen LogP contribution in [0.1, 0.15) is 20.8 Å². The van der Waals surface area contributed by atoms with E-state index in [1.54, 1.807) is 38.4 Å². The summed E-state index contributed by atoms with van der Waals surface area (Å²) in [6.45, 7) is -0.508. The normalized spacial score (nSPS) is 10.4. The van der Waals surface area contributed by atoms with Gasteiger partial charge in [0.05, 0.1) is 12.5 Å². The van der Waals surface area contributed by atoms with E-state index in [9.17, 15) is 18.8 Å². The van der Waals surface area contributed by atoms with Crippen molar-refractivity contribution in [1.82, 2.24) is 14.5 Å². The summed E-state index contributed by atoms with van der Waals surface area (Å²) in [5.74, 6) is -1.85. The largest absolute Gasteiger partial charge is 0.451 e. The predicted molar refractivity (Wildman–Crippen MR) is 107 cm³/mol. The van der Waals surface area contributed by atoms with Crippen molar-refractivity contribution in [2.75, 3.05) is 26.0 Å². The number of halogens is 1. The first-order valence-electron chi connectivity index (χ1n) is 8.92. The third-order valence-electron chi connectivity index (χ3n) is 4.11. The summed E-state index contributed by atoms with van der Waals surface area (Å²) in [6.07, 6.45) is 2.69. The minimum Gasteiger partial charge on any atom is -0.451 e. The molecule has 0 unspecified atom stereocenters. The van der Waals surface area contributed by atoms with E-state index in [1.165, 1.54) is 46.3 Å². The van der Waals surface area contributed by atoms with Crippen LogP contribution < -0.4 is 5.32 Å². The molecule has 3 rings (SSSR count). The maximum Gasteiger partial charge on any atom is 0.357 e. The molecule has 0 fully saturated rings. The van der Waals surface area contributed by atoms with E-state index in [2.05, 4.69) is 10.3 Å². The molecule has 0 aliphatic carbocycles. The highest BCUT2D eigenvalue weighted by Gasteiger charge is 2.16. The number of hydrogen-bond donors (Lipinski definition) is 1. The summed E-state index contributed by atoms with van der Waals surface area (Å²) in [6, 6.07) is 11.8. The molecule has 0 atom stereocenters. The van der Waals surface area contributed by atoms with Crippen LogP contribution >= 0.6 is 0 Å². The Hall–Kier alpha value is -4.01. The van der Waals surface area contributed by atoms with E-state index in [0.717, 1.165) is 0 Å². The standard InChI is InChI=1S/C21H19FN4O4/c1-25(2)20(28)14-3-7-16(8-4-14)24-19(27)12-30-21(29)18-11-23-13-26(18)17-9-5-15(22)6-10-17/h3-11,13H,12H2,1-2H3,(H,24,27). The summed E-state index contributed by atoms with van der Waals surface area (Å²) in [5, 5.41) is 2.59. The molecule has 9 heteroatoms. The molecule has 1 N–H and O–H groups in total. The second-order valence-electron chi connectivity index (χ2n) is 6.53. The van der Waals surface area contributed by atoms with Crippen molar-refractivity contribution in [3.05, 3.63) is 78.1 Å². The lowest BCUT2D eigenvalue weighted by molar-refractivity contribution is -0.119. The Labute approximate surface area is 171 Å². The molecule has 1 heterocycles. The quantitative estimate of drug-likeness (QED) is 0.631. The zero-order chi connectivity index (χ0) is 21.7. The average molecular weight is 410 g/mol. The van der Waals surface area contributed by atoms with E-state index in [1.807, 2.05) is 0 Å². The highest BCUT2D eigenvalue weighted by Crippen LogP contribution is 2.14. The van der Waals surface area contributed by atoms with Crippen LogP contribution in [-0.2, 0) is 9.53 Å². The fraction of sp³-hybridized carbons (Fsp3) is 0.143. The lowest BCUT2D eigenvalue weighted by Crippen LogP contribution is -2.23. The lowest BCUT2D eigenvalue weighted by Gasteiger charge is -2.11. The number of rotatable bonds is 6. The van der Waals surface area contributed by atoms with Crippen molar-refractivity contribution in [2.24, 2.45) is 0 Å². The Morgan fingerprint density at radius 2 is 1.73 bits per heavy atom. The van der Waals surface area contributed by atoms with Crippen LogP contribution in [0.15, 0.2) is 61.1 Å². The van der Waals surface area contributed by atoms with Gasteiger partial charge in [0.15, 0.2) is 12.3 Å². The fourth-order valence-electron chi connectivity index (χ4n) is 2.61. The first-order chi connectivity index (χ1) is 14.3. The van der Waals surface area contributed by atoms with E-state index >= 15 is 0 Å². The number of esters is 1. The van der Waals surface area contributed by atoms with E-state index in [0.29, 0.717) is 16.9 Å². The molecule has 0 saturated carbocycles. The molecule has 2 aromatic carbocycles. The minimum atomic E-state index is -0.751. The Morgan fingerprint density at radius 1 is 1.07 bits per heavy atom. The minimum absolute atomic E-state index is 0.0981. The molecule has 0 radical (unpaired) electrons. The van der Waals surface area contributed by atoms with Crippen molar-refractivity contribution in [3.8, 4) is 5.69 Å². The zero-order valence-corrected chi connectivity index (χ0v) is 16.3. The number of ether oxygens (including phenoxy) is 1. The van der Waals surface area contributed by atoms with Gasteiger partial charge in [0.2, 0.25) is 0 Å². The summed E-state index contributed by atoms with van der Waals surface area (Å²) in [7, 11) is 3.29. The van der Waals surface area contributed by atoms with Crippen LogP contribution in [0.4, 0.5) is 10.1 Å². The molecule has 0 aliphatic rings. The Bertz CT molecular complexity index is 1060. The maximum absolute atomic E-state index is 13.1. The zero-order valence-electron chi connectivity index (χ0n) is 16.3. The van der Waals surface area contributed by atoms with Crippen LogP contribution in [0.2, 0.25) is 0 Å². The van der Waals surface area contributed by atoms with Crippen molar-refractivity contribution in [1.29, 1.82) is 0 Å². The number of nitrogens with one attached hydrogen (secondary N) is 1. The first kappa shape index (κ1) is 20.7. The van der Waals surface area contributed by atoms with Crippen molar-refractivity contribution >= 4 is 23.5 Å². The molecular formula is C21H19FN4O4. The molecule has 0 saturated heterocycles. The smallest absolute Gasteiger partial charge is 0.357 e. The number of carbonyl (C=O) groups excluding carboxylic acids is 3. The van der Waals surface area contributed by atoms with Crippen LogP contribution in [0.3, 0.4) is 0 Å². The molecular weight excluding hydrogens is 391 g/mol. The van der Waals surface area contributed by atoms with Gasteiger partial charge < -0.3 is 15.0 Å². The highest BCUT2D eigenvalue weighted by atomic mass is 19.1. The van der Waals surface area contributed by atoms with Gasteiger partial charge in [0, 0.05) is 31.0 Å². The molecule has 0 bridgehead atoms. The third kappa shape index (κ3) is 4.88. The molecule has 0 aliphatic heterocycles. The van der Waals surface area contributed by atoms with Gasteiger partial charge in [-0.2, -0.15) is 0 Å². The number of carbonyl (C=O) groups is 3. The Morgan fingerprint density at radius 3 is 2.37 bits per heavy atom. The molecule has 1 aromatic heterocycles. The van der Waals surface area contributed by atoms with Gasteiger partial charge in [0.1, 0.15) is 5.82 Å². The molecule has 2 amide bonds. The van der Waals surface area contributed by atoms with Crippen molar-refractivity contribution in [3.63, 3.8) is 0 Å². The van der Waals surface area contributed by atoms with E-state index < -0.39 is 24.3 Å². The summed E-state index contributed by atoms with van der Waals surface area (Å²) < 4.78 is 19.6. The fourth-order valence-corrected chi connectivity index (χ4v) is 2.61. The highest BCUT2D eigenvalue weighted by molar-refractivity contribution is 5.97. The monoisotopic (exact) mass is 410 g/mol. The van der Waals surface area contributed by atoms with Gasteiger partial charge >= 0.3 is 5.97 Å². The number of imidazole rings is 1. The Balaban J connectivity index is 1.58. The summed E-state index contributed by atoms with van der Waals surface area (Å²) in [5.41, 5.74) is 1.57. The molecule has 30 heavy (non-hydrogen) atoms. The second kappa shape index (κ2) is 8.99. The van der Waals surface area contributed by atoms with Crippen LogP contribution in [0, 0.1) is 5.82 Å². The van der Waals surface area contributed by atoms with Gasteiger partial charge in [-0.1, -0.05) is 0 Å². The lowest BCUT2D eigenvalue weighted by atomic mass is 10.2.